The number of rotatable bonds is 7. The van der Waals surface area contributed by atoms with Crippen molar-refractivity contribution < 1.29 is 19.4 Å². The standard InChI is InChI=1S/C9H17NO4S/c1-7(4-14-3)10(2)8(11)5-15-6-9(12)13/h7H,4-6H2,1-3H3,(H,12,13). The van der Waals surface area contributed by atoms with Gasteiger partial charge in [0.25, 0.3) is 0 Å². The lowest BCUT2D eigenvalue weighted by Gasteiger charge is -2.24. The highest BCUT2D eigenvalue weighted by Gasteiger charge is 2.15. The molecule has 0 saturated carbocycles. The first kappa shape index (κ1) is 14.2. The number of carboxylic acid groups (broad SMARTS) is 1. The average molecular weight is 235 g/mol. The van der Waals surface area contributed by atoms with Gasteiger partial charge in [0.05, 0.1) is 24.2 Å². The van der Waals surface area contributed by atoms with E-state index in [-0.39, 0.29) is 23.5 Å². The minimum atomic E-state index is -0.902. The Morgan fingerprint density at radius 3 is 2.53 bits per heavy atom. The zero-order chi connectivity index (χ0) is 11.8. The Bertz CT molecular complexity index is 222. The normalized spacial score (nSPS) is 12.2. The van der Waals surface area contributed by atoms with Gasteiger partial charge in [0.15, 0.2) is 0 Å². The van der Waals surface area contributed by atoms with Gasteiger partial charge in [-0.2, -0.15) is 0 Å². The molecule has 0 aliphatic heterocycles. The first-order valence-corrected chi connectivity index (χ1v) is 5.68. The maximum Gasteiger partial charge on any atom is 0.313 e. The smallest absolute Gasteiger partial charge is 0.313 e. The molecule has 1 amide bonds. The fourth-order valence-electron chi connectivity index (χ4n) is 0.926. The van der Waals surface area contributed by atoms with Crippen LogP contribution in [0.15, 0.2) is 0 Å². The summed E-state index contributed by atoms with van der Waals surface area (Å²) in [6.07, 6.45) is 0. The fraction of sp³-hybridized carbons (Fsp3) is 0.778. The number of carbonyl (C=O) groups excluding carboxylic acids is 1. The van der Waals surface area contributed by atoms with Crippen molar-refractivity contribution >= 4 is 23.6 Å². The van der Waals surface area contributed by atoms with Crippen LogP contribution in [0.25, 0.3) is 0 Å². The Hall–Kier alpha value is -0.750. The minimum Gasteiger partial charge on any atom is -0.481 e. The zero-order valence-corrected chi connectivity index (χ0v) is 10.0. The summed E-state index contributed by atoms with van der Waals surface area (Å²) in [4.78, 5) is 23.3. The summed E-state index contributed by atoms with van der Waals surface area (Å²) >= 11 is 1.10. The van der Waals surface area contributed by atoms with Gasteiger partial charge >= 0.3 is 5.97 Å². The molecule has 1 unspecified atom stereocenters. The molecular weight excluding hydrogens is 218 g/mol. The first-order chi connectivity index (χ1) is 6.99. The van der Waals surface area contributed by atoms with Crippen molar-refractivity contribution in [3.63, 3.8) is 0 Å². The van der Waals surface area contributed by atoms with E-state index in [1.165, 1.54) is 0 Å². The van der Waals surface area contributed by atoms with E-state index in [0.717, 1.165) is 11.8 Å². The van der Waals surface area contributed by atoms with Gasteiger partial charge in [0.1, 0.15) is 0 Å². The van der Waals surface area contributed by atoms with Gasteiger partial charge in [0, 0.05) is 14.2 Å². The maximum absolute atomic E-state index is 11.5. The predicted octanol–water partition coefficient (Wildman–Crippen LogP) is 0.297. The average Bonchev–Trinajstić information content (AvgIpc) is 2.16. The summed E-state index contributed by atoms with van der Waals surface area (Å²) < 4.78 is 4.92. The van der Waals surface area contributed by atoms with E-state index in [0.29, 0.717) is 6.61 Å². The highest BCUT2D eigenvalue weighted by atomic mass is 32.2. The molecule has 1 N–H and O–H groups in total. The Balaban J connectivity index is 3.83. The van der Waals surface area contributed by atoms with Crippen LogP contribution in [-0.2, 0) is 14.3 Å². The van der Waals surface area contributed by atoms with E-state index >= 15 is 0 Å². The van der Waals surface area contributed by atoms with Crippen LogP contribution in [0.2, 0.25) is 0 Å². The van der Waals surface area contributed by atoms with Gasteiger partial charge in [-0.25, -0.2) is 0 Å². The van der Waals surface area contributed by atoms with E-state index in [9.17, 15) is 9.59 Å². The molecule has 0 saturated heterocycles. The molecule has 0 aromatic carbocycles. The lowest BCUT2D eigenvalue weighted by molar-refractivity contribution is -0.133. The molecule has 0 spiro atoms. The molecule has 0 aliphatic rings. The molecule has 0 aromatic rings. The fourth-order valence-corrected chi connectivity index (χ4v) is 1.58. The second-order valence-electron chi connectivity index (χ2n) is 3.20. The molecule has 0 heterocycles. The van der Waals surface area contributed by atoms with Gasteiger partial charge in [-0.1, -0.05) is 0 Å². The third-order valence-electron chi connectivity index (χ3n) is 1.91. The number of nitrogens with zero attached hydrogens (tertiary/aromatic N) is 1. The Kier molecular flexibility index (Phi) is 7.15. The van der Waals surface area contributed by atoms with E-state index in [4.69, 9.17) is 9.84 Å². The van der Waals surface area contributed by atoms with Crippen LogP contribution in [0.4, 0.5) is 0 Å². The van der Waals surface area contributed by atoms with Crippen LogP contribution < -0.4 is 0 Å². The number of methoxy groups -OCH3 is 1. The largest absolute Gasteiger partial charge is 0.481 e. The van der Waals surface area contributed by atoms with Crippen LogP contribution in [-0.4, -0.2) is 60.2 Å². The van der Waals surface area contributed by atoms with Crippen molar-refractivity contribution in [1.82, 2.24) is 4.90 Å². The van der Waals surface area contributed by atoms with Gasteiger partial charge in [-0.15, -0.1) is 11.8 Å². The SMILES string of the molecule is COCC(C)N(C)C(=O)CSCC(=O)O. The molecule has 15 heavy (non-hydrogen) atoms. The second kappa shape index (κ2) is 7.53. The summed E-state index contributed by atoms with van der Waals surface area (Å²) in [5.41, 5.74) is 0. The number of hydrogen-bond donors (Lipinski definition) is 1. The Morgan fingerprint density at radius 1 is 1.47 bits per heavy atom. The van der Waals surface area contributed by atoms with Crippen LogP contribution in [0.5, 0.6) is 0 Å². The number of likely N-dealkylation sites (N-methyl/N-ethyl adjacent to an activating group) is 1. The summed E-state index contributed by atoms with van der Waals surface area (Å²) in [6, 6.07) is 0.00734. The molecule has 0 aromatic heterocycles. The molecule has 1 atom stereocenters. The number of carboxylic acids is 1. The third-order valence-corrected chi connectivity index (χ3v) is 2.82. The molecule has 6 heteroatoms. The van der Waals surface area contributed by atoms with Crippen molar-refractivity contribution in [1.29, 1.82) is 0 Å². The van der Waals surface area contributed by atoms with Crippen LogP contribution >= 0.6 is 11.8 Å². The Labute approximate surface area is 93.8 Å². The first-order valence-electron chi connectivity index (χ1n) is 4.53. The highest BCUT2D eigenvalue weighted by molar-refractivity contribution is 8.00. The van der Waals surface area contributed by atoms with Crippen LogP contribution in [0.3, 0.4) is 0 Å². The van der Waals surface area contributed by atoms with Crippen molar-refractivity contribution in [3.8, 4) is 0 Å². The van der Waals surface area contributed by atoms with Crippen molar-refractivity contribution in [3.05, 3.63) is 0 Å². The van der Waals surface area contributed by atoms with Crippen molar-refractivity contribution in [2.75, 3.05) is 32.3 Å². The molecule has 0 radical (unpaired) electrons. The quantitative estimate of drug-likeness (QED) is 0.687. The molecule has 0 aliphatic carbocycles. The van der Waals surface area contributed by atoms with Gasteiger partial charge < -0.3 is 14.7 Å². The van der Waals surface area contributed by atoms with Crippen molar-refractivity contribution in [2.24, 2.45) is 0 Å². The Morgan fingerprint density at radius 2 is 2.07 bits per heavy atom. The van der Waals surface area contributed by atoms with E-state index < -0.39 is 5.97 Å². The van der Waals surface area contributed by atoms with E-state index in [1.807, 2.05) is 6.92 Å². The lowest BCUT2D eigenvalue weighted by Crippen LogP contribution is -2.38. The number of thioether (sulfide) groups is 1. The summed E-state index contributed by atoms with van der Waals surface area (Å²) in [7, 11) is 3.27. The van der Waals surface area contributed by atoms with E-state index in [1.54, 1.807) is 19.1 Å². The number of aliphatic carboxylic acids is 1. The maximum atomic E-state index is 11.5. The van der Waals surface area contributed by atoms with E-state index in [2.05, 4.69) is 0 Å². The molecule has 88 valence electrons. The number of amides is 1. The number of carbonyl (C=O) groups is 2. The minimum absolute atomic E-state index is 0.00734. The molecule has 0 bridgehead atoms. The molecule has 0 fully saturated rings. The summed E-state index contributed by atoms with van der Waals surface area (Å²) in [6.45, 7) is 2.36. The number of hydrogen-bond acceptors (Lipinski definition) is 4. The van der Waals surface area contributed by atoms with Gasteiger partial charge in [-0.3, -0.25) is 9.59 Å². The second-order valence-corrected chi connectivity index (χ2v) is 4.18. The monoisotopic (exact) mass is 235 g/mol. The third kappa shape index (κ3) is 6.35. The topological polar surface area (TPSA) is 66.8 Å². The van der Waals surface area contributed by atoms with Gasteiger partial charge in [0.2, 0.25) is 5.91 Å². The molecule has 0 rings (SSSR count). The summed E-state index contributed by atoms with van der Waals surface area (Å²) in [5.74, 6) is -0.832. The summed E-state index contributed by atoms with van der Waals surface area (Å²) in [5, 5.41) is 8.39. The lowest BCUT2D eigenvalue weighted by atomic mass is 10.3. The zero-order valence-electron chi connectivity index (χ0n) is 9.23. The highest BCUT2D eigenvalue weighted by Crippen LogP contribution is 2.04. The van der Waals surface area contributed by atoms with Gasteiger partial charge in [-0.05, 0) is 6.92 Å². The van der Waals surface area contributed by atoms with Crippen LogP contribution in [0.1, 0.15) is 6.92 Å². The predicted molar refractivity (Wildman–Crippen MR) is 59.1 cm³/mol. The molecule has 5 nitrogen and oxygen atoms in total. The van der Waals surface area contributed by atoms with Crippen LogP contribution in [0, 0.1) is 0 Å². The molecular formula is C9H17NO4S. The van der Waals surface area contributed by atoms with Crippen molar-refractivity contribution in [2.45, 2.75) is 13.0 Å². The number of ether oxygens (including phenoxy) is 1.